The van der Waals surface area contributed by atoms with Crippen molar-refractivity contribution in [3.8, 4) is 11.5 Å². The summed E-state index contributed by atoms with van der Waals surface area (Å²) in [6, 6.07) is 3.35. The fourth-order valence-corrected chi connectivity index (χ4v) is 1.97. The number of ether oxygens (including phenoxy) is 2. The van der Waals surface area contributed by atoms with E-state index < -0.39 is 0 Å². The number of fused-ring (bicyclic) bond motifs is 1. The highest BCUT2D eigenvalue weighted by Crippen LogP contribution is 2.37. The van der Waals surface area contributed by atoms with Gasteiger partial charge in [0.15, 0.2) is 11.5 Å². The highest BCUT2D eigenvalue weighted by molar-refractivity contribution is 6.32. The molecule has 1 aromatic carbocycles. The van der Waals surface area contributed by atoms with E-state index in [0.29, 0.717) is 35.3 Å². The highest BCUT2D eigenvalue weighted by Gasteiger charge is 2.18. The first-order valence-electron chi connectivity index (χ1n) is 5.98. The molecule has 18 heavy (non-hydrogen) atoms. The third kappa shape index (κ3) is 2.88. The summed E-state index contributed by atoms with van der Waals surface area (Å²) in [5.74, 6) is 0.895. The molecule has 0 bridgehead atoms. The molecule has 0 atom stereocenters. The van der Waals surface area contributed by atoms with E-state index in [-0.39, 0.29) is 11.9 Å². The first-order chi connectivity index (χ1) is 8.58. The van der Waals surface area contributed by atoms with Gasteiger partial charge >= 0.3 is 0 Å². The molecule has 1 aromatic rings. The Balaban J connectivity index is 2.31. The Morgan fingerprint density at radius 2 is 2.06 bits per heavy atom. The number of hydrogen-bond donors (Lipinski definition) is 1. The molecular weight excluding hydrogens is 254 g/mol. The summed E-state index contributed by atoms with van der Waals surface area (Å²) < 4.78 is 11.0. The third-order valence-corrected chi connectivity index (χ3v) is 2.76. The smallest absolute Gasteiger partial charge is 0.251 e. The summed E-state index contributed by atoms with van der Waals surface area (Å²) >= 11 is 6.12. The Morgan fingerprint density at radius 3 is 2.78 bits per heavy atom. The van der Waals surface area contributed by atoms with Crippen LogP contribution in [0.5, 0.6) is 11.5 Å². The van der Waals surface area contributed by atoms with Gasteiger partial charge in [0.05, 0.1) is 18.2 Å². The summed E-state index contributed by atoms with van der Waals surface area (Å²) in [6.07, 6.45) is 0.804. The van der Waals surface area contributed by atoms with Crippen LogP contribution in [-0.2, 0) is 0 Å². The van der Waals surface area contributed by atoms with Crippen molar-refractivity contribution >= 4 is 17.5 Å². The molecule has 1 amide bonds. The third-order valence-electron chi connectivity index (χ3n) is 2.48. The average Bonchev–Trinajstić information content (AvgIpc) is 2.53. The molecule has 2 rings (SSSR count). The Kier molecular flexibility index (Phi) is 3.97. The van der Waals surface area contributed by atoms with Crippen molar-refractivity contribution in [2.24, 2.45) is 0 Å². The summed E-state index contributed by atoms with van der Waals surface area (Å²) in [7, 11) is 0. The van der Waals surface area contributed by atoms with Crippen LogP contribution in [0, 0.1) is 0 Å². The lowest BCUT2D eigenvalue weighted by Crippen LogP contribution is -2.30. The van der Waals surface area contributed by atoms with Crippen LogP contribution < -0.4 is 14.8 Å². The largest absolute Gasteiger partial charge is 0.489 e. The maximum absolute atomic E-state index is 11.9. The zero-order valence-corrected chi connectivity index (χ0v) is 11.2. The van der Waals surface area contributed by atoms with Crippen molar-refractivity contribution in [2.45, 2.75) is 26.3 Å². The number of amides is 1. The summed E-state index contributed by atoms with van der Waals surface area (Å²) in [4.78, 5) is 11.9. The van der Waals surface area contributed by atoms with Gasteiger partial charge in [-0.25, -0.2) is 0 Å². The molecule has 0 radical (unpaired) electrons. The fourth-order valence-electron chi connectivity index (χ4n) is 1.71. The molecule has 1 aliphatic rings. The van der Waals surface area contributed by atoms with E-state index in [1.54, 1.807) is 12.1 Å². The van der Waals surface area contributed by atoms with Gasteiger partial charge in [0.25, 0.3) is 5.91 Å². The van der Waals surface area contributed by atoms with Gasteiger partial charge in [-0.3, -0.25) is 4.79 Å². The first-order valence-corrected chi connectivity index (χ1v) is 6.35. The van der Waals surface area contributed by atoms with Crippen LogP contribution in [0.4, 0.5) is 0 Å². The van der Waals surface area contributed by atoms with Gasteiger partial charge in [-0.05, 0) is 26.0 Å². The molecule has 0 aromatic heterocycles. The molecule has 1 aliphatic heterocycles. The van der Waals surface area contributed by atoms with Crippen molar-refractivity contribution in [3.63, 3.8) is 0 Å². The van der Waals surface area contributed by atoms with Gasteiger partial charge in [0.1, 0.15) is 0 Å². The van der Waals surface area contributed by atoms with E-state index >= 15 is 0 Å². The van der Waals surface area contributed by atoms with Crippen LogP contribution in [0.15, 0.2) is 12.1 Å². The Labute approximate surface area is 111 Å². The Hall–Kier alpha value is -1.42. The molecule has 0 spiro atoms. The van der Waals surface area contributed by atoms with E-state index in [0.717, 1.165) is 6.42 Å². The second-order valence-electron chi connectivity index (χ2n) is 4.46. The van der Waals surface area contributed by atoms with Crippen LogP contribution in [-0.4, -0.2) is 25.2 Å². The normalized spacial score (nSPS) is 14.2. The van der Waals surface area contributed by atoms with E-state index in [1.807, 2.05) is 13.8 Å². The minimum absolute atomic E-state index is 0.0762. The van der Waals surface area contributed by atoms with Crippen LogP contribution in [0.2, 0.25) is 5.02 Å². The summed E-state index contributed by atoms with van der Waals surface area (Å²) in [5, 5.41) is 3.22. The lowest BCUT2D eigenvalue weighted by atomic mass is 10.1. The number of halogens is 1. The van der Waals surface area contributed by atoms with Crippen molar-refractivity contribution in [2.75, 3.05) is 13.2 Å². The summed E-state index contributed by atoms with van der Waals surface area (Å²) in [6.45, 7) is 4.95. The predicted octanol–water partition coefficient (Wildman–Crippen LogP) is 2.64. The number of rotatable bonds is 2. The van der Waals surface area contributed by atoms with E-state index in [1.165, 1.54) is 0 Å². The number of benzene rings is 1. The Morgan fingerprint density at radius 1 is 1.33 bits per heavy atom. The van der Waals surface area contributed by atoms with Crippen LogP contribution >= 0.6 is 11.6 Å². The molecular formula is C13H16ClNO3. The van der Waals surface area contributed by atoms with Crippen LogP contribution in [0.25, 0.3) is 0 Å². The van der Waals surface area contributed by atoms with E-state index in [2.05, 4.69) is 5.32 Å². The lowest BCUT2D eigenvalue weighted by Gasteiger charge is -2.13. The van der Waals surface area contributed by atoms with E-state index in [4.69, 9.17) is 21.1 Å². The maximum atomic E-state index is 11.9. The van der Waals surface area contributed by atoms with Gasteiger partial charge in [-0.1, -0.05) is 11.6 Å². The van der Waals surface area contributed by atoms with Crippen LogP contribution in [0.3, 0.4) is 0 Å². The minimum Gasteiger partial charge on any atom is -0.489 e. The van der Waals surface area contributed by atoms with Gasteiger partial charge in [0, 0.05) is 18.0 Å². The quantitative estimate of drug-likeness (QED) is 0.898. The number of hydrogen-bond acceptors (Lipinski definition) is 3. The molecule has 0 saturated heterocycles. The molecule has 1 N–H and O–H groups in total. The van der Waals surface area contributed by atoms with Crippen molar-refractivity contribution in [1.29, 1.82) is 0 Å². The fraction of sp³-hybridized carbons (Fsp3) is 0.462. The lowest BCUT2D eigenvalue weighted by molar-refractivity contribution is 0.0942. The molecule has 4 nitrogen and oxygen atoms in total. The topological polar surface area (TPSA) is 47.6 Å². The second kappa shape index (κ2) is 5.48. The number of carbonyl (C=O) groups excluding carboxylic acids is 1. The van der Waals surface area contributed by atoms with Gasteiger partial charge < -0.3 is 14.8 Å². The molecule has 1 heterocycles. The zero-order valence-electron chi connectivity index (χ0n) is 10.5. The average molecular weight is 270 g/mol. The van der Waals surface area contributed by atoms with Crippen LogP contribution in [0.1, 0.15) is 30.6 Å². The SMILES string of the molecule is CC(C)NC(=O)c1cc(Cl)c2c(c1)OCCCO2. The van der Waals surface area contributed by atoms with Gasteiger partial charge in [0.2, 0.25) is 0 Å². The molecule has 0 fully saturated rings. The summed E-state index contributed by atoms with van der Waals surface area (Å²) in [5.41, 5.74) is 0.484. The predicted molar refractivity (Wildman–Crippen MR) is 69.7 cm³/mol. The molecule has 0 aliphatic carbocycles. The minimum atomic E-state index is -0.164. The molecule has 0 saturated carbocycles. The standard InChI is InChI=1S/C13H16ClNO3/c1-8(2)15-13(16)9-6-10(14)12-11(7-9)17-4-3-5-18-12/h6-8H,3-5H2,1-2H3,(H,15,16). The van der Waals surface area contributed by atoms with Gasteiger partial charge in [-0.15, -0.1) is 0 Å². The van der Waals surface area contributed by atoms with Crippen molar-refractivity contribution in [1.82, 2.24) is 5.32 Å². The zero-order chi connectivity index (χ0) is 13.1. The highest BCUT2D eigenvalue weighted by atomic mass is 35.5. The first kappa shape index (κ1) is 13.0. The Bertz CT molecular complexity index is 460. The number of nitrogens with one attached hydrogen (secondary N) is 1. The van der Waals surface area contributed by atoms with Crippen molar-refractivity contribution in [3.05, 3.63) is 22.7 Å². The second-order valence-corrected chi connectivity index (χ2v) is 4.87. The molecule has 5 heteroatoms. The molecule has 0 unspecified atom stereocenters. The number of carbonyl (C=O) groups is 1. The van der Waals surface area contributed by atoms with Gasteiger partial charge in [-0.2, -0.15) is 0 Å². The monoisotopic (exact) mass is 269 g/mol. The van der Waals surface area contributed by atoms with E-state index in [9.17, 15) is 4.79 Å². The maximum Gasteiger partial charge on any atom is 0.251 e. The van der Waals surface area contributed by atoms with Crippen molar-refractivity contribution < 1.29 is 14.3 Å². The molecule has 98 valence electrons.